The Kier molecular flexibility index (Phi) is 6.11. The summed E-state index contributed by atoms with van der Waals surface area (Å²) >= 11 is 6.02. The van der Waals surface area contributed by atoms with Crippen molar-refractivity contribution in [2.75, 3.05) is 25.5 Å². The van der Waals surface area contributed by atoms with Gasteiger partial charge in [-0.3, -0.25) is 4.72 Å². The summed E-state index contributed by atoms with van der Waals surface area (Å²) in [6.45, 7) is -0.329. The Labute approximate surface area is 150 Å². The van der Waals surface area contributed by atoms with E-state index in [4.69, 9.17) is 21.1 Å². The highest BCUT2D eigenvalue weighted by molar-refractivity contribution is 7.92. The van der Waals surface area contributed by atoms with Gasteiger partial charge < -0.3 is 14.2 Å². The lowest BCUT2D eigenvalue weighted by Gasteiger charge is -2.11. The van der Waals surface area contributed by atoms with Crippen LogP contribution in [-0.2, 0) is 19.6 Å². The maximum Gasteiger partial charge on any atom is 0.343 e. The van der Waals surface area contributed by atoms with Gasteiger partial charge in [-0.15, -0.1) is 0 Å². The minimum Gasteiger partial charge on any atom is -0.497 e. The monoisotopic (exact) mass is 385 g/mol. The van der Waals surface area contributed by atoms with Gasteiger partial charge in [0.05, 0.1) is 29.8 Å². The molecule has 2 aromatic carbocycles. The van der Waals surface area contributed by atoms with Crippen LogP contribution in [0.1, 0.15) is 0 Å². The second kappa shape index (κ2) is 8.09. The molecule has 0 fully saturated rings. The van der Waals surface area contributed by atoms with Gasteiger partial charge in [-0.2, -0.15) is 0 Å². The highest BCUT2D eigenvalue weighted by Crippen LogP contribution is 2.28. The summed E-state index contributed by atoms with van der Waals surface area (Å²) in [4.78, 5) is 11.0. The summed E-state index contributed by atoms with van der Waals surface area (Å²) in [6, 6.07) is 10.4. The Hall–Kier alpha value is -2.45. The molecule has 0 aliphatic carbocycles. The van der Waals surface area contributed by atoms with Crippen LogP contribution in [0.3, 0.4) is 0 Å². The number of hydrogen-bond acceptors (Lipinski definition) is 6. The zero-order chi connectivity index (χ0) is 18.4. The molecule has 9 heteroatoms. The number of halogens is 1. The maximum absolute atomic E-state index is 12.5. The number of hydrogen-bond donors (Lipinski definition) is 1. The van der Waals surface area contributed by atoms with E-state index in [1.54, 1.807) is 24.3 Å². The second-order valence-corrected chi connectivity index (χ2v) is 6.88. The third-order valence-electron chi connectivity index (χ3n) is 3.11. The largest absolute Gasteiger partial charge is 0.497 e. The van der Waals surface area contributed by atoms with Gasteiger partial charge in [0.1, 0.15) is 11.5 Å². The first-order valence-corrected chi connectivity index (χ1v) is 8.88. The Morgan fingerprint density at radius 1 is 1.16 bits per heavy atom. The van der Waals surface area contributed by atoms with E-state index in [1.165, 1.54) is 32.4 Å². The minimum absolute atomic E-state index is 0.0502. The number of methoxy groups -OCH3 is 2. The predicted molar refractivity (Wildman–Crippen MR) is 92.8 cm³/mol. The molecule has 0 heterocycles. The van der Waals surface area contributed by atoms with Crippen LogP contribution >= 0.6 is 11.6 Å². The third-order valence-corrected chi connectivity index (χ3v) is 4.78. The van der Waals surface area contributed by atoms with Crippen molar-refractivity contribution in [3.63, 3.8) is 0 Å². The first-order chi connectivity index (χ1) is 11.9. The van der Waals surface area contributed by atoms with Crippen LogP contribution in [0.15, 0.2) is 47.4 Å². The molecule has 0 bridgehead atoms. The molecule has 2 aromatic rings. The molecule has 2 rings (SSSR count). The number of benzene rings is 2. The van der Waals surface area contributed by atoms with E-state index in [0.717, 1.165) is 0 Å². The maximum atomic E-state index is 12.5. The molecule has 25 heavy (non-hydrogen) atoms. The molecule has 1 N–H and O–H groups in total. The minimum atomic E-state index is -3.85. The van der Waals surface area contributed by atoms with Crippen molar-refractivity contribution in [3.8, 4) is 11.5 Å². The molecule has 0 saturated heterocycles. The van der Waals surface area contributed by atoms with Crippen molar-refractivity contribution in [1.82, 2.24) is 0 Å². The summed E-state index contributed by atoms with van der Waals surface area (Å²) in [5, 5.41) is 0.0532. The van der Waals surface area contributed by atoms with Crippen molar-refractivity contribution in [1.29, 1.82) is 0 Å². The molecule has 0 radical (unpaired) electrons. The van der Waals surface area contributed by atoms with E-state index in [1.807, 2.05) is 0 Å². The van der Waals surface area contributed by atoms with Gasteiger partial charge in [-0.1, -0.05) is 17.7 Å². The number of sulfonamides is 1. The molecule has 0 spiro atoms. The molecule has 0 aliphatic heterocycles. The standard InChI is InChI=1S/C16H16ClNO6S/c1-22-12-5-3-4-11(8-12)18-25(20,21)13-6-7-15(14(17)9-13)24-10-16(19)23-2/h3-9,18H,10H2,1-2H3. The number of carbonyl (C=O) groups excluding carboxylic acids is 1. The summed E-state index contributed by atoms with van der Waals surface area (Å²) in [5.41, 5.74) is 0.349. The van der Waals surface area contributed by atoms with E-state index < -0.39 is 16.0 Å². The molecule has 0 saturated carbocycles. The van der Waals surface area contributed by atoms with Crippen molar-refractivity contribution in [3.05, 3.63) is 47.5 Å². The molecular formula is C16H16ClNO6S. The van der Waals surface area contributed by atoms with Crippen LogP contribution in [0.5, 0.6) is 11.5 Å². The summed E-state index contributed by atoms with van der Waals surface area (Å²) < 4.78 is 42.0. The van der Waals surface area contributed by atoms with Crippen molar-refractivity contribution < 1.29 is 27.4 Å². The summed E-state index contributed by atoms with van der Waals surface area (Å²) in [6.07, 6.45) is 0. The lowest BCUT2D eigenvalue weighted by Crippen LogP contribution is -2.14. The smallest absolute Gasteiger partial charge is 0.343 e. The average molecular weight is 386 g/mol. The van der Waals surface area contributed by atoms with Crippen LogP contribution in [0.4, 0.5) is 5.69 Å². The highest BCUT2D eigenvalue weighted by Gasteiger charge is 2.17. The Morgan fingerprint density at radius 3 is 2.56 bits per heavy atom. The fraction of sp³-hybridized carbons (Fsp3) is 0.188. The molecule has 0 aliphatic rings. The second-order valence-electron chi connectivity index (χ2n) is 4.79. The molecule has 0 aromatic heterocycles. The van der Waals surface area contributed by atoms with Gasteiger partial charge in [0.2, 0.25) is 0 Å². The number of nitrogens with one attached hydrogen (secondary N) is 1. The van der Waals surface area contributed by atoms with Gasteiger partial charge in [-0.05, 0) is 30.3 Å². The highest BCUT2D eigenvalue weighted by atomic mass is 35.5. The van der Waals surface area contributed by atoms with Crippen LogP contribution in [-0.4, -0.2) is 35.2 Å². The Bertz CT molecular complexity index is 869. The van der Waals surface area contributed by atoms with Gasteiger partial charge in [-0.25, -0.2) is 13.2 Å². The molecule has 0 amide bonds. The molecular weight excluding hydrogens is 370 g/mol. The van der Waals surface area contributed by atoms with Crippen LogP contribution in [0, 0.1) is 0 Å². The Morgan fingerprint density at radius 2 is 1.92 bits per heavy atom. The number of ether oxygens (including phenoxy) is 3. The lowest BCUT2D eigenvalue weighted by molar-refractivity contribution is -0.142. The van der Waals surface area contributed by atoms with E-state index in [-0.39, 0.29) is 22.3 Å². The van der Waals surface area contributed by atoms with E-state index in [9.17, 15) is 13.2 Å². The molecule has 0 unspecified atom stereocenters. The van der Waals surface area contributed by atoms with Crippen molar-refractivity contribution in [2.45, 2.75) is 4.90 Å². The number of esters is 1. The van der Waals surface area contributed by atoms with E-state index in [0.29, 0.717) is 11.4 Å². The fourth-order valence-corrected chi connectivity index (χ4v) is 3.24. The number of rotatable bonds is 7. The topological polar surface area (TPSA) is 90.9 Å². The van der Waals surface area contributed by atoms with Gasteiger partial charge in [0.15, 0.2) is 6.61 Å². The van der Waals surface area contributed by atoms with Gasteiger partial charge >= 0.3 is 5.97 Å². The fourth-order valence-electron chi connectivity index (χ4n) is 1.86. The molecule has 0 atom stereocenters. The van der Waals surface area contributed by atoms with E-state index in [2.05, 4.69) is 9.46 Å². The quantitative estimate of drug-likeness (QED) is 0.737. The third kappa shape index (κ3) is 5.01. The zero-order valence-corrected chi connectivity index (χ0v) is 15.1. The van der Waals surface area contributed by atoms with Crippen molar-refractivity contribution in [2.24, 2.45) is 0 Å². The average Bonchev–Trinajstić information content (AvgIpc) is 2.60. The Balaban J connectivity index is 2.18. The van der Waals surface area contributed by atoms with Gasteiger partial charge in [0, 0.05) is 6.07 Å². The lowest BCUT2D eigenvalue weighted by atomic mass is 10.3. The molecule has 7 nitrogen and oxygen atoms in total. The van der Waals surface area contributed by atoms with Crippen molar-refractivity contribution >= 4 is 33.3 Å². The summed E-state index contributed by atoms with van der Waals surface area (Å²) in [5.74, 6) is 0.115. The van der Waals surface area contributed by atoms with Crippen LogP contribution in [0.25, 0.3) is 0 Å². The SMILES string of the molecule is COC(=O)COc1ccc(S(=O)(=O)Nc2cccc(OC)c2)cc1Cl. The summed E-state index contributed by atoms with van der Waals surface area (Å²) in [7, 11) is -1.13. The number of anilines is 1. The number of carbonyl (C=O) groups is 1. The normalized spacial score (nSPS) is 10.8. The molecule has 134 valence electrons. The zero-order valence-electron chi connectivity index (χ0n) is 13.5. The first-order valence-electron chi connectivity index (χ1n) is 7.02. The van der Waals surface area contributed by atoms with E-state index >= 15 is 0 Å². The van der Waals surface area contributed by atoms with Gasteiger partial charge in [0.25, 0.3) is 10.0 Å². The predicted octanol–water partition coefficient (Wildman–Crippen LogP) is 2.70. The van der Waals surface area contributed by atoms with Crippen LogP contribution in [0.2, 0.25) is 5.02 Å². The first kappa shape index (κ1) is 18.9. The van der Waals surface area contributed by atoms with Crippen LogP contribution < -0.4 is 14.2 Å².